The fourth-order valence-electron chi connectivity index (χ4n) is 3.73. The second kappa shape index (κ2) is 7.78. The fraction of sp³-hybridized carbons (Fsp3) is 0.391. The maximum Gasteiger partial charge on any atom is 0.199 e. The van der Waals surface area contributed by atoms with E-state index in [1.165, 1.54) is 0 Å². The van der Waals surface area contributed by atoms with Crippen LogP contribution in [-0.4, -0.2) is 39.2 Å². The lowest BCUT2D eigenvalue weighted by atomic mass is 9.93. The van der Waals surface area contributed by atoms with Gasteiger partial charge in [-0.1, -0.05) is 36.4 Å². The van der Waals surface area contributed by atoms with E-state index in [9.17, 15) is 0 Å². The van der Waals surface area contributed by atoms with Crippen molar-refractivity contribution in [3.8, 4) is 11.5 Å². The molecule has 0 fully saturated rings. The van der Waals surface area contributed by atoms with Gasteiger partial charge in [0.05, 0.1) is 14.2 Å². The van der Waals surface area contributed by atoms with Gasteiger partial charge in [0.25, 0.3) is 0 Å². The van der Waals surface area contributed by atoms with Crippen LogP contribution in [-0.2, 0) is 9.47 Å². The number of para-hydroxylation sites is 2. The Bertz CT molecular complexity index is 876. The Morgan fingerprint density at radius 2 is 1.17 bits per heavy atom. The van der Waals surface area contributed by atoms with Crippen molar-refractivity contribution in [1.82, 2.24) is 0 Å². The molecule has 0 saturated carbocycles. The van der Waals surface area contributed by atoms with Crippen LogP contribution in [0, 0.1) is 5.41 Å². The zero-order valence-electron chi connectivity index (χ0n) is 17.2. The van der Waals surface area contributed by atoms with Gasteiger partial charge >= 0.3 is 0 Å². The van der Waals surface area contributed by atoms with Gasteiger partial charge < -0.3 is 18.9 Å². The molecule has 6 nitrogen and oxygen atoms in total. The molecule has 2 heterocycles. The minimum Gasteiger partial charge on any atom is -0.496 e. The molecule has 0 saturated heterocycles. The van der Waals surface area contributed by atoms with Crippen LogP contribution in [0.15, 0.2) is 58.5 Å². The van der Waals surface area contributed by atoms with E-state index < -0.39 is 5.41 Å². The molecule has 2 aliphatic rings. The standard InChI is InChI=1S/C23H26N2O4/c1-23(2,21-24-17(13-28-21)15-9-5-7-11-19(15)26-3)22-25-18(14-29-22)16-10-6-8-12-20(16)27-4/h5-12,17-18H,13-14H2,1-4H3/t17-,18-/m1/s1. The molecule has 2 aromatic rings. The van der Waals surface area contributed by atoms with E-state index in [0.717, 1.165) is 22.6 Å². The molecule has 0 amide bonds. The molecule has 0 aromatic heterocycles. The highest BCUT2D eigenvalue weighted by molar-refractivity contribution is 6.05. The highest BCUT2D eigenvalue weighted by Crippen LogP contribution is 2.38. The zero-order valence-corrected chi connectivity index (χ0v) is 17.2. The van der Waals surface area contributed by atoms with Crippen molar-refractivity contribution in [3.05, 3.63) is 59.7 Å². The molecule has 0 unspecified atom stereocenters. The molecule has 0 radical (unpaired) electrons. The third-order valence-corrected chi connectivity index (χ3v) is 5.37. The maximum absolute atomic E-state index is 5.99. The summed E-state index contributed by atoms with van der Waals surface area (Å²) in [7, 11) is 3.34. The maximum atomic E-state index is 5.99. The summed E-state index contributed by atoms with van der Waals surface area (Å²) in [6.07, 6.45) is 0. The van der Waals surface area contributed by atoms with Gasteiger partial charge in [-0.05, 0) is 26.0 Å². The van der Waals surface area contributed by atoms with Crippen molar-refractivity contribution in [2.24, 2.45) is 15.4 Å². The first-order valence-corrected chi connectivity index (χ1v) is 9.72. The highest BCUT2D eigenvalue weighted by atomic mass is 16.5. The fourth-order valence-corrected chi connectivity index (χ4v) is 3.73. The van der Waals surface area contributed by atoms with Crippen LogP contribution in [0.2, 0.25) is 0 Å². The molecule has 2 aromatic carbocycles. The van der Waals surface area contributed by atoms with E-state index in [-0.39, 0.29) is 12.1 Å². The predicted octanol–water partition coefficient (Wildman–Crippen LogP) is 4.37. The number of methoxy groups -OCH3 is 2. The monoisotopic (exact) mass is 394 g/mol. The Morgan fingerprint density at radius 3 is 1.59 bits per heavy atom. The van der Waals surface area contributed by atoms with E-state index in [1.54, 1.807) is 14.2 Å². The molecule has 6 heteroatoms. The van der Waals surface area contributed by atoms with E-state index in [2.05, 4.69) is 0 Å². The minimum absolute atomic E-state index is 0.104. The Balaban J connectivity index is 1.59. The topological polar surface area (TPSA) is 61.6 Å². The summed E-state index contributed by atoms with van der Waals surface area (Å²) in [4.78, 5) is 9.69. The second-order valence-electron chi connectivity index (χ2n) is 7.63. The third-order valence-electron chi connectivity index (χ3n) is 5.37. The Hall–Kier alpha value is -3.02. The Kier molecular flexibility index (Phi) is 5.18. The molecule has 2 aliphatic heterocycles. The molecular formula is C23H26N2O4. The molecule has 152 valence electrons. The highest BCUT2D eigenvalue weighted by Gasteiger charge is 2.42. The van der Waals surface area contributed by atoms with Gasteiger partial charge in [-0.15, -0.1) is 0 Å². The first kappa shape index (κ1) is 19.3. The number of hydrogen-bond acceptors (Lipinski definition) is 6. The first-order chi connectivity index (χ1) is 14.0. The largest absolute Gasteiger partial charge is 0.496 e. The minimum atomic E-state index is -0.562. The predicted molar refractivity (Wildman–Crippen MR) is 112 cm³/mol. The lowest BCUT2D eigenvalue weighted by Gasteiger charge is -2.22. The lowest BCUT2D eigenvalue weighted by Crippen LogP contribution is -2.34. The number of nitrogens with zero attached hydrogens (tertiary/aromatic N) is 2. The van der Waals surface area contributed by atoms with Crippen LogP contribution in [0.1, 0.15) is 37.1 Å². The van der Waals surface area contributed by atoms with Crippen molar-refractivity contribution < 1.29 is 18.9 Å². The summed E-state index contributed by atoms with van der Waals surface area (Å²) in [5, 5.41) is 0. The van der Waals surface area contributed by atoms with Crippen LogP contribution < -0.4 is 9.47 Å². The van der Waals surface area contributed by atoms with Crippen LogP contribution in [0.3, 0.4) is 0 Å². The first-order valence-electron chi connectivity index (χ1n) is 9.72. The summed E-state index contributed by atoms with van der Waals surface area (Å²) >= 11 is 0. The molecule has 0 spiro atoms. The van der Waals surface area contributed by atoms with Crippen molar-refractivity contribution in [3.63, 3.8) is 0 Å². The van der Waals surface area contributed by atoms with Crippen LogP contribution in [0.25, 0.3) is 0 Å². The molecular weight excluding hydrogens is 368 g/mol. The van der Waals surface area contributed by atoms with E-state index >= 15 is 0 Å². The lowest BCUT2D eigenvalue weighted by molar-refractivity contribution is 0.263. The van der Waals surface area contributed by atoms with E-state index in [0.29, 0.717) is 25.0 Å². The molecule has 0 aliphatic carbocycles. The molecule has 29 heavy (non-hydrogen) atoms. The van der Waals surface area contributed by atoms with Gasteiger partial charge in [0.15, 0.2) is 11.8 Å². The van der Waals surface area contributed by atoms with Crippen molar-refractivity contribution >= 4 is 11.8 Å². The summed E-state index contributed by atoms with van der Waals surface area (Å²) in [5.74, 6) is 2.89. The van der Waals surface area contributed by atoms with Gasteiger partial charge in [0, 0.05) is 11.1 Å². The van der Waals surface area contributed by atoms with E-state index in [1.807, 2.05) is 62.4 Å². The van der Waals surface area contributed by atoms with Gasteiger partial charge in [-0.3, -0.25) is 0 Å². The average molecular weight is 394 g/mol. The number of aliphatic imine (C=N–C) groups is 2. The SMILES string of the molecule is COc1ccccc1[C@H]1COC(C(C)(C)C2=N[C@@H](c3ccccc3OC)CO2)=N1. The normalized spacial score (nSPS) is 21.1. The molecule has 0 bridgehead atoms. The quantitative estimate of drug-likeness (QED) is 0.730. The number of rotatable bonds is 6. The summed E-state index contributed by atoms with van der Waals surface area (Å²) < 4.78 is 22.9. The van der Waals surface area contributed by atoms with Crippen molar-refractivity contribution in [2.45, 2.75) is 25.9 Å². The molecule has 4 rings (SSSR count). The molecule has 0 N–H and O–H groups in total. The van der Waals surface area contributed by atoms with Gasteiger partial charge in [-0.2, -0.15) is 0 Å². The second-order valence-corrected chi connectivity index (χ2v) is 7.63. The number of ether oxygens (including phenoxy) is 4. The summed E-state index contributed by atoms with van der Waals surface area (Å²) in [5.41, 5.74) is 1.47. The Morgan fingerprint density at radius 1 is 0.759 bits per heavy atom. The summed E-state index contributed by atoms with van der Waals surface area (Å²) in [6, 6.07) is 15.6. The van der Waals surface area contributed by atoms with Gasteiger partial charge in [0.1, 0.15) is 42.2 Å². The number of hydrogen-bond donors (Lipinski definition) is 0. The third kappa shape index (κ3) is 3.55. The van der Waals surface area contributed by atoms with Gasteiger partial charge in [0.2, 0.25) is 0 Å². The van der Waals surface area contributed by atoms with Gasteiger partial charge in [-0.25, -0.2) is 9.98 Å². The van der Waals surface area contributed by atoms with Crippen LogP contribution in [0.5, 0.6) is 11.5 Å². The average Bonchev–Trinajstić information content (AvgIpc) is 3.44. The van der Waals surface area contributed by atoms with Crippen molar-refractivity contribution in [2.75, 3.05) is 27.4 Å². The molecule has 2 atom stereocenters. The zero-order chi connectivity index (χ0) is 20.4. The van der Waals surface area contributed by atoms with E-state index in [4.69, 9.17) is 28.9 Å². The Labute approximate surface area is 171 Å². The number of benzene rings is 2. The van der Waals surface area contributed by atoms with Crippen LogP contribution in [0.4, 0.5) is 0 Å². The van der Waals surface area contributed by atoms with Crippen molar-refractivity contribution in [1.29, 1.82) is 0 Å². The summed E-state index contributed by atoms with van der Waals surface area (Å²) in [6.45, 7) is 5.00. The smallest absolute Gasteiger partial charge is 0.199 e. The van der Waals surface area contributed by atoms with Crippen LogP contribution >= 0.6 is 0 Å².